The quantitative estimate of drug-likeness (QED) is 0.644. The zero-order valence-electron chi connectivity index (χ0n) is 10.2. The molecule has 0 aliphatic carbocycles. The van der Waals surface area contributed by atoms with Crippen LogP contribution in [-0.4, -0.2) is 42.4 Å². The minimum absolute atomic E-state index is 0.0372. The van der Waals surface area contributed by atoms with E-state index in [4.69, 9.17) is 9.84 Å². The van der Waals surface area contributed by atoms with Gasteiger partial charge in [0.05, 0.1) is 24.2 Å². The second kappa shape index (κ2) is 5.32. The SMILES string of the molecule is Cc1ccc(N2CCOC(CO)C2)cc1[N+](=O)[O-]. The van der Waals surface area contributed by atoms with E-state index in [9.17, 15) is 10.1 Å². The minimum atomic E-state index is -0.372. The molecule has 2 rings (SSSR count). The largest absolute Gasteiger partial charge is 0.394 e. The molecule has 0 saturated carbocycles. The van der Waals surface area contributed by atoms with Gasteiger partial charge in [0.25, 0.3) is 5.69 Å². The van der Waals surface area contributed by atoms with Gasteiger partial charge in [0.2, 0.25) is 0 Å². The van der Waals surface area contributed by atoms with E-state index in [2.05, 4.69) is 0 Å². The number of hydrogen-bond donors (Lipinski definition) is 1. The number of morpholine rings is 1. The summed E-state index contributed by atoms with van der Waals surface area (Å²) >= 11 is 0. The van der Waals surface area contributed by atoms with Gasteiger partial charge in [0.1, 0.15) is 0 Å². The Labute approximate surface area is 105 Å². The van der Waals surface area contributed by atoms with Crippen LogP contribution in [0.3, 0.4) is 0 Å². The summed E-state index contributed by atoms with van der Waals surface area (Å²) in [6, 6.07) is 5.19. The van der Waals surface area contributed by atoms with Crippen molar-refractivity contribution in [2.24, 2.45) is 0 Å². The average Bonchev–Trinajstić information content (AvgIpc) is 2.39. The van der Waals surface area contributed by atoms with Crippen molar-refractivity contribution in [2.45, 2.75) is 13.0 Å². The highest BCUT2D eigenvalue weighted by molar-refractivity contribution is 5.56. The first-order valence-corrected chi connectivity index (χ1v) is 5.84. The fraction of sp³-hybridized carbons (Fsp3) is 0.500. The fourth-order valence-corrected chi connectivity index (χ4v) is 2.06. The van der Waals surface area contributed by atoms with Gasteiger partial charge in [-0.15, -0.1) is 0 Å². The van der Waals surface area contributed by atoms with Gasteiger partial charge in [-0.05, 0) is 13.0 Å². The molecule has 1 N–H and O–H groups in total. The molecule has 1 aliphatic rings. The van der Waals surface area contributed by atoms with Crippen molar-refractivity contribution in [1.29, 1.82) is 0 Å². The van der Waals surface area contributed by atoms with Gasteiger partial charge in [0, 0.05) is 30.4 Å². The number of aliphatic hydroxyl groups excluding tert-OH is 1. The first-order valence-electron chi connectivity index (χ1n) is 5.84. The normalized spacial score (nSPS) is 19.9. The predicted molar refractivity (Wildman–Crippen MR) is 66.9 cm³/mol. The second-order valence-electron chi connectivity index (χ2n) is 4.35. The van der Waals surface area contributed by atoms with Gasteiger partial charge < -0.3 is 14.7 Å². The van der Waals surface area contributed by atoms with Crippen LogP contribution < -0.4 is 4.90 Å². The van der Waals surface area contributed by atoms with Crippen LogP contribution in [0.1, 0.15) is 5.56 Å². The zero-order chi connectivity index (χ0) is 13.1. The Kier molecular flexibility index (Phi) is 3.78. The highest BCUT2D eigenvalue weighted by Crippen LogP contribution is 2.26. The lowest BCUT2D eigenvalue weighted by atomic mass is 10.1. The minimum Gasteiger partial charge on any atom is -0.394 e. The Morgan fingerprint density at radius 2 is 2.39 bits per heavy atom. The summed E-state index contributed by atoms with van der Waals surface area (Å²) in [5, 5.41) is 20.0. The number of benzene rings is 1. The summed E-state index contributed by atoms with van der Waals surface area (Å²) < 4.78 is 5.35. The Hall–Kier alpha value is -1.66. The van der Waals surface area contributed by atoms with Gasteiger partial charge in [-0.25, -0.2) is 0 Å². The molecule has 1 aliphatic heterocycles. The van der Waals surface area contributed by atoms with Crippen LogP contribution in [0, 0.1) is 17.0 Å². The number of aryl methyl sites for hydroxylation is 1. The first-order chi connectivity index (χ1) is 8.61. The average molecular weight is 252 g/mol. The van der Waals surface area contributed by atoms with Gasteiger partial charge in [-0.1, -0.05) is 6.07 Å². The molecule has 0 bridgehead atoms. The standard InChI is InChI=1S/C12H16N2O4/c1-9-2-3-10(6-12(9)14(16)17)13-4-5-18-11(7-13)8-15/h2-3,6,11,15H,4-5,7-8H2,1H3. The van der Waals surface area contributed by atoms with E-state index in [0.29, 0.717) is 25.3 Å². The number of anilines is 1. The number of rotatable bonds is 3. The number of nitro groups is 1. The van der Waals surface area contributed by atoms with Crippen molar-refractivity contribution in [3.05, 3.63) is 33.9 Å². The molecule has 1 fully saturated rings. The molecule has 1 aromatic rings. The van der Waals surface area contributed by atoms with Crippen LogP contribution in [0.2, 0.25) is 0 Å². The summed E-state index contributed by atoms with van der Waals surface area (Å²) in [6.07, 6.45) is -0.223. The summed E-state index contributed by atoms with van der Waals surface area (Å²) in [5.41, 5.74) is 1.57. The lowest BCUT2D eigenvalue weighted by molar-refractivity contribution is -0.385. The molecule has 98 valence electrons. The number of aliphatic hydroxyl groups is 1. The van der Waals surface area contributed by atoms with E-state index in [1.54, 1.807) is 19.1 Å². The first kappa shape index (κ1) is 12.8. The van der Waals surface area contributed by atoms with E-state index in [0.717, 1.165) is 5.69 Å². The zero-order valence-corrected chi connectivity index (χ0v) is 10.2. The summed E-state index contributed by atoms with van der Waals surface area (Å²) in [7, 11) is 0. The maximum absolute atomic E-state index is 10.9. The lowest BCUT2D eigenvalue weighted by Crippen LogP contribution is -2.44. The highest BCUT2D eigenvalue weighted by Gasteiger charge is 2.21. The van der Waals surface area contributed by atoms with Crippen molar-refractivity contribution in [3.8, 4) is 0 Å². The van der Waals surface area contributed by atoms with Crippen molar-refractivity contribution in [1.82, 2.24) is 0 Å². The molecule has 18 heavy (non-hydrogen) atoms. The lowest BCUT2D eigenvalue weighted by Gasteiger charge is -2.33. The summed E-state index contributed by atoms with van der Waals surface area (Å²) in [4.78, 5) is 12.5. The second-order valence-corrected chi connectivity index (χ2v) is 4.35. The molecule has 1 unspecified atom stereocenters. The number of nitrogens with zero attached hydrogens (tertiary/aromatic N) is 2. The smallest absolute Gasteiger partial charge is 0.274 e. The molecule has 1 heterocycles. The molecule has 1 saturated heterocycles. The maximum atomic E-state index is 10.9. The Balaban J connectivity index is 2.22. The van der Waals surface area contributed by atoms with E-state index < -0.39 is 0 Å². The van der Waals surface area contributed by atoms with E-state index in [-0.39, 0.29) is 23.3 Å². The molecule has 0 amide bonds. The van der Waals surface area contributed by atoms with Gasteiger partial charge in [-0.3, -0.25) is 10.1 Å². The summed E-state index contributed by atoms with van der Waals surface area (Å²) in [6.45, 7) is 3.43. The fourth-order valence-electron chi connectivity index (χ4n) is 2.06. The van der Waals surface area contributed by atoms with Crippen LogP contribution in [0.4, 0.5) is 11.4 Å². The van der Waals surface area contributed by atoms with E-state index in [1.165, 1.54) is 0 Å². The van der Waals surface area contributed by atoms with Gasteiger partial charge >= 0.3 is 0 Å². The molecular weight excluding hydrogens is 236 g/mol. The van der Waals surface area contributed by atoms with Crippen LogP contribution in [-0.2, 0) is 4.74 Å². The summed E-state index contributed by atoms with van der Waals surface area (Å²) in [5.74, 6) is 0. The molecule has 0 spiro atoms. The predicted octanol–water partition coefficient (Wildman–Crippen LogP) is 1.10. The molecule has 0 aromatic heterocycles. The van der Waals surface area contributed by atoms with Gasteiger partial charge in [0.15, 0.2) is 0 Å². The molecule has 1 aromatic carbocycles. The molecule has 0 radical (unpaired) electrons. The number of nitro benzene ring substituents is 1. The van der Waals surface area contributed by atoms with Gasteiger partial charge in [-0.2, -0.15) is 0 Å². The molecule has 6 heteroatoms. The third-order valence-corrected chi connectivity index (χ3v) is 3.10. The topological polar surface area (TPSA) is 75.8 Å². The number of ether oxygens (including phenoxy) is 1. The van der Waals surface area contributed by atoms with Crippen LogP contribution in [0.25, 0.3) is 0 Å². The Morgan fingerprint density at radius 3 is 3.06 bits per heavy atom. The molecular formula is C12H16N2O4. The van der Waals surface area contributed by atoms with Crippen molar-refractivity contribution >= 4 is 11.4 Å². The maximum Gasteiger partial charge on any atom is 0.274 e. The van der Waals surface area contributed by atoms with Crippen molar-refractivity contribution in [3.63, 3.8) is 0 Å². The van der Waals surface area contributed by atoms with E-state index >= 15 is 0 Å². The highest BCUT2D eigenvalue weighted by atomic mass is 16.6. The molecule has 1 atom stereocenters. The number of hydrogen-bond acceptors (Lipinski definition) is 5. The van der Waals surface area contributed by atoms with Crippen molar-refractivity contribution < 1.29 is 14.8 Å². The van der Waals surface area contributed by atoms with E-state index in [1.807, 2.05) is 11.0 Å². The monoisotopic (exact) mass is 252 g/mol. The van der Waals surface area contributed by atoms with Crippen molar-refractivity contribution in [2.75, 3.05) is 31.2 Å². The Bertz CT molecular complexity index is 450. The third-order valence-electron chi connectivity index (χ3n) is 3.10. The Morgan fingerprint density at radius 1 is 1.61 bits per heavy atom. The molecule has 6 nitrogen and oxygen atoms in total. The van der Waals surface area contributed by atoms with Crippen LogP contribution in [0.15, 0.2) is 18.2 Å². The van der Waals surface area contributed by atoms with Crippen LogP contribution in [0.5, 0.6) is 0 Å². The third kappa shape index (κ3) is 2.60. The van der Waals surface area contributed by atoms with Crippen LogP contribution >= 0.6 is 0 Å².